The molecule has 0 heterocycles. The summed E-state index contributed by atoms with van der Waals surface area (Å²) >= 11 is 0. The van der Waals surface area contributed by atoms with Gasteiger partial charge in [0.2, 0.25) is 0 Å². The fourth-order valence-electron chi connectivity index (χ4n) is 1.07. The van der Waals surface area contributed by atoms with Gasteiger partial charge in [-0.2, -0.15) is 5.26 Å². The molecule has 1 aromatic rings. The van der Waals surface area contributed by atoms with Gasteiger partial charge in [0.1, 0.15) is 11.8 Å². The van der Waals surface area contributed by atoms with Crippen molar-refractivity contribution in [2.24, 2.45) is 0 Å². The number of rotatable bonds is 2. The number of methoxy groups -OCH3 is 1. The third-order valence-electron chi connectivity index (χ3n) is 1.75. The number of hydrogen-bond donors (Lipinski definition) is 0. The summed E-state index contributed by atoms with van der Waals surface area (Å²) in [4.78, 5) is 11.1. The molecule has 0 aliphatic carbocycles. The Hall–Kier alpha value is -2.23. The van der Waals surface area contributed by atoms with E-state index in [9.17, 15) is 18.0 Å². The predicted octanol–water partition coefficient (Wildman–Crippen LogP) is 2.24. The average molecular weight is 245 g/mol. The maximum atomic E-state index is 12.0. The fourth-order valence-corrected chi connectivity index (χ4v) is 1.07. The van der Waals surface area contributed by atoms with Crippen LogP contribution in [0.3, 0.4) is 0 Å². The lowest BCUT2D eigenvalue weighted by Gasteiger charge is -2.10. The molecule has 0 atom stereocenters. The Morgan fingerprint density at radius 2 is 2.06 bits per heavy atom. The molecule has 7 heteroatoms. The molecule has 0 spiro atoms. The van der Waals surface area contributed by atoms with Gasteiger partial charge < -0.3 is 9.47 Å². The van der Waals surface area contributed by atoms with Crippen LogP contribution < -0.4 is 4.74 Å². The summed E-state index contributed by atoms with van der Waals surface area (Å²) in [5.41, 5.74) is -0.458. The lowest BCUT2D eigenvalue weighted by atomic mass is 10.1. The maximum absolute atomic E-state index is 12.0. The first-order chi connectivity index (χ1) is 7.87. The highest BCUT2D eigenvalue weighted by atomic mass is 19.4. The molecule has 0 bridgehead atoms. The van der Waals surface area contributed by atoms with Gasteiger partial charge in [-0.3, -0.25) is 0 Å². The van der Waals surface area contributed by atoms with Crippen LogP contribution in [0.15, 0.2) is 18.2 Å². The monoisotopic (exact) mass is 245 g/mol. The van der Waals surface area contributed by atoms with Crippen molar-refractivity contribution in [2.45, 2.75) is 6.36 Å². The summed E-state index contributed by atoms with van der Waals surface area (Å²) in [6.45, 7) is 0. The zero-order valence-electron chi connectivity index (χ0n) is 8.54. The van der Waals surface area contributed by atoms with E-state index >= 15 is 0 Å². The molecule has 1 rings (SSSR count). The third-order valence-corrected chi connectivity index (χ3v) is 1.75. The standard InChI is InChI=1S/C10H6F3NO3/c1-16-9(15)6-2-3-7(5-14)8(4-6)17-10(11,12)13/h2-4H,1H3. The van der Waals surface area contributed by atoms with Crippen molar-refractivity contribution < 1.29 is 27.4 Å². The first-order valence-electron chi connectivity index (χ1n) is 4.25. The molecule has 0 aromatic heterocycles. The highest BCUT2D eigenvalue weighted by Gasteiger charge is 2.32. The van der Waals surface area contributed by atoms with Gasteiger partial charge in [-0.25, -0.2) is 4.79 Å². The molecule has 0 unspecified atom stereocenters. The molecule has 1 aromatic carbocycles. The summed E-state index contributed by atoms with van der Waals surface area (Å²) in [5.74, 6) is -1.55. The normalized spacial score (nSPS) is 10.5. The minimum atomic E-state index is -4.93. The van der Waals surface area contributed by atoms with E-state index in [4.69, 9.17) is 5.26 Å². The number of carbonyl (C=O) groups excluding carboxylic acids is 1. The van der Waals surface area contributed by atoms with Crippen molar-refractivity contribution in [3.8, 4) is 11.8 Å². The van der Waals surface area contributed by atoms with Crippen molar-refractivity contribution in [1.82, 2.24) is 0 Å². The number of halogens is 3. The molecule has 90 valence electrons. The van der Waals surface area contributed by atoms with Crippen LogP contribution in [0.2, 0.25) is 0 Å². The second-order valence-electron chi connectivity index (χ2n) is 2.86. The highest BCUT2D eigenvalue weighted by Crippen LogP contribution is 2.27. The quantitative estimate of drug-likeness (QED) is 0.749. The Kier molecular flexibility index (Phi) is 3.58. The summed E-state index contributed by atoms with van der Waals surface area (Å²) in [6.07, 6.45) is -4.93. The summed E-state index contributed by atoms with van der Waals surface area (Å²) < 4.78 is 44.0. The molecule has 0 saturated carbocycles. The number of hydrogen-bond acceptors (Lipinski definition) is 4. The molecule has 0 saturated heterocycles. The van der Waals surface area contributed by atoms with E-state index < -0.39 is 18.1 Å². The average Bonchev–Trinajstić information content (AvgIpc) is 2.25. The van der Waals surface area contributed by atoms with Crippen molar-refractivity contribution in [2.75, 3.05) is 7.11 Å². The molecular weight excluding hydrogens is 239 g/mol. The minimum Gasteiger partial charge on any atom is -0.465 e. The van der Waals surface area contributed by atoms with Crippen LogP contribution in [-0.4, -0.2) is 19.4 Å². The summed E-state index contributed by atoms with van der Waals surface area (Å²) in [7, 11) is 1.09. The Morgan fingerprint density at radius 1 is 1.41 bits per heavy atom. The van der Waals surface area contributed by atoms with Gasteiger partial charge in [0.05, 0.1) is 18.2 Å². The Balaban J connectivity index is 3.17. The lowest BCUT2D eigenvalue weighted by molar-refractivity contribution is -0.274. The smallest absolute Gasteiger partial charge is 0.465 e. The van der Waals surface area contributed by atoms with E-state index in [1.165, 1.54) is 12.1 Å². The van der Waals surface area contributed by atoms with Crippen molar-refractivity contribution >= 4 is 5.97 Å². The van der Waals surface area contributed by atoms with Crippen molar-refractivity contribution in [3.05, 3.63) is 29.3 Å². The molecule has 0 amide bonds. The molecule has 0 N–H and O–H groups in total. The van der Waals surface area contributed by atoms with Crippen LogP contribution in [0.1, 0.15) is 15.9 Å². The fraction of sp³-hybridized carbons (Fsp3) is 0.200. The molecule has 0 fully saturated rings. The largest absolute Gasteiger partial charge is 0.573 e. The van der Waals surface area contributed by atoms with E-state index in [-0.39, 0.29) is 11.1 Å². The highest BCUT2D eigenvalue weighted by molar-refractivity contribution is 5.90. The second kappa shape index (κ2) is 4.74. The zero-order valence-corrected chi connectivity index (χ0v) is 8.54. The number of nitriles is 1. The number of nitrogens with zero attached hydrogens (tertiary/aromatic N) is 1. The summed E-state index contributed by atoms with van der Waals surface area (Å²) in [5, 5.41) is 8.59. The van der Waals surface area contributed by atoms with Crippen LogP contribution in [0, 0.1) is 11.3 Å². The molecule has 0 aliphatic heterocycles. The van der Waals surface area contributed by atoms with Crippen LogP contribution in [0.25, 0.3) is 0 Å². The second-order valence-corrected chi connectivity index (χ2v) is 2.86. The number of benzene rings is 1. The molecule has 0 aliphatic rings. The van der Waals surface area contributed by atoms with Crippen molar-refractivity contribution in [1.29, 1.82) is 5.26 Å². The van der Waals surface area contributed by atoms with Gasteiger partial charge in [-0.15, -0.1) is 13.2 Å². The topological polar surface area (TPSA) is 59.3 Å². The SMILES string of the molecule is COC(=O)c1ccc(C#N)c(OC(F)(F)F)c1. The van der Waals surface area contributed by atoms with Crippen LogP contribution in [0.5, 0.6) is 5.75 Å². The van der Waals surface area contributed by atoms with Gasteiger partial charge >= 0.3 is 12.3 Å². The number of ether oxygens (including phenoxy) is 2. The molecule has 4 nitrogen and oxygen atoms in total. The molecule has 17 heavy (non-hydrogen) atoms. The maximum Gasteiger partial charge on any atom is 0.573 e. The van der Waals surface area contributed by atoms with E-state index in [0.717, 1.165) is 19.2 Å². The third kappa shape index (κ3) is 3.38. The number of esters is 1. The summed E-state index contributed by atoms with van der Waals surface area (Å²) in [6, 6.07) is 4.55. The van der Waals surface area contributed by atoms with Gasteiger partial charge in [-0.1, -0.05) is 0 Å². The Morgan fingerprint density at radius 3 is 2.53 bits per heavy atom. The van der Waals surface area contributed by atoms with E-state index in [0.29, 0.717) is 0 Å². The van der Waals surface area contributed by atoms with Crippen molar-refractivity contribution in [3.63, 3.8) is 0 Å². The van der Waals surface area contributed by atoms with Gasteiger partial charge in [0.15, 0.2) is 0 Å². The predicted molar refractivity (Wildman–Crippen MR) is 49.2 cm³/mol. The number of alkyl halides is 3. The first-order valence-corrected chi connectivity index (χ1v) is 4.25. The van der Waals surface area contributed by atoms with E-state index in [1.807, 2.05) is 0 Å². The number of carbonyl (C=O) groups is 1. The molecule has 0 radical (unpaired) electrons. The van der Waals surface area contributed by atoms with Crippen LogP contribution in [-0.2, 0) is 4.74 Å². The van der Waals surface area contributed by atoms with Crippen LogP contribution in [0.4, 0.5) is 13.2 Å². The minimum absolute atomic E-state index is 0.134. The zero-order chi connectivity index (χ0) is 13.1. The van der Waals surface area contributed by atoms with Gasteiger partial charge in [-0.05, 0) is 18.2 Å². The van der Waals surface area contributed by atoms with Gasteiger partial charge in [0, 0.05) is 0 Å². The van der Waals surface area contributed by atoms with Gasteiger partial charge in [0.25, 0.3) is 0 Å². The Labute approximate surface area is 94.2 Å². The first kappa shape index (κ1) is 12.8. The Bertz CT molecular complexity index is 477. The van der Waals surface area contributed by atoms with Crippen LogP contribution >= 0.6 is 0 Å². The molecular formula is C10H6F3NO3. The lowest BCUT2D eigenvalue weighted by Crippen LogP contribution is -2.18. The van der Waals surface area contributed by atoms with E-state index in [1.54, 1.807) is 0 Å². The van der Waals surface area contributed by atoms with E-state index in [2.05, 4.69) is 9.47 Å².